The van der Waals surface area contributed by atoms with E-state index in [1.165, 1.54) is 24.3 Å². The first-order valence-electron chi connectivity index (χ1n) is 10.9. The standard InChI is InChI=1S/C24H32F2N4O/c1-3-27-24(28-16-23(31-2)19-6-10-21(26)11-7-19)29-22-12-14-30(15-13-22)17-18-4-8-20(25)9-5-18/h4-11,22-23H,3,12-17H2,1-2H3,(H2,27,28,29). The van der Waals surface area contributed by atoms with Crippen LogP contribution in [0.15, 0.2) is 53.5 Å². The van der Waals surface area contributed by atoms with Crippen LogP contribution < -0.4 is 10.6 Å². The molecule has 1 unspecified atom stereocenters. The van der Waals surface area contributed by atoms with Crippen LogP contribution in [0.5, 0.6) is 0 Å². The summed E-state index contributed by atoms with van der Waals surface area (Å²) in [5, 5.41) is 6.84. The number of methoxy groups -OCH3 is 1. The summed E-state index contributed by atoms with van der Waals surface area (Å²) in [5.41, 5.74) is 2.03. The summed E-state index contributed by atoms with van der Waals surface area (Å²) in [6.45, 7) is 6.05. The number of benzene rings is 2. The van der Waals surface area contributed by atoms with Crippen LogP contribution in [-0.2, 0) is 11.3 Å². The highest BCUT2D eigenvalue weighted by Gasteiger charge is 2.20. The number of rotatable bonds is 8. The Hall–Kier alpha value is -2.51. The largest absolute Gasteiger partial charge is 0.375 e. The number of hydrogen-bond acceptors (Lipinski definition) is 3. The molecule has 2 N–H and O–H groups in total. The molecule has 0 saturated carbocycles. The zero-order valence-corrected chi connectivity index (χ0v) is 18.3. The van der Waals surface area contributed by atoms with Crippen molar-refractivity contribution in [3.05, 3.63) is 71.3 Å². The van der Waals surface area contributed by atoms with E-state index in [-0.39, 0.29) is 17.7 Å². The Morgan fingerprint density at radius 1 is 1.06 bits per heavy atom. The lowest BCUT2D eigenvalue weighted by molar-refractivity contribution is 0.110. The first-order valence-corrected chi connectivity index (χ1v) is 10.9. The number of hydrogen-bond donors (Lipinski definition) is 2. The maximum atomic E-state index is 13.2. The summed E-state index contributed by atoms with van der Waals surface area (Å²) in [5.74, 6) is 0.309. The summed E-state index contributed by atoms with van der Waals surface area (Å²) in [6, 6.07) is 13.4. The molecule has 1 aliphatic rings. The van der Waals surface area contributed by atoms with Crippen LogP contribution in [0.2, 0.25) is 0 Å². The van der Waals surface area contributed by atoms with Gasteiger partial charge in [-0.25, -0.2) is 8.78 Å². The fourth-order valence-electron chi connectivity index (χ4n) is 3.76. The van der Waals surface area contributed by atoms with Gasteiger partial charge in [0.05, 0.1) is 6.54 Å². The van der Waals surface area contributed by atoms with Crippen LogP contribution in [0, 0.1) is 11.6 Å². The van der Waals surface area contributed by atoms with E-state index in [0.29, 0.717) is 12.6 Å². The van der Waals surface area contributed by atoms with Gasteiger partial charge in [0.2, 0.25) is 0 Å². The molecule has 0 spiro atoms. The highest BCUT2D eigenvalue weighted by molar-refractivity contribution is 5.80. The Bertz CT molecular complexity index is 818. The van der Waals surface area contributed by atoms with E-state index in [0.717, 1.165) is 56.1 Å². The number of aliphatic imine (C=N–C) groups is 1. The third-order valence-corrected chi connectivity index (χ3v) is 5.53. The van der Waals surface area contributed by atoms with Crippen LogP contribution in [0.1, 0.15) is 37.0 Å². The van der Waals surface area contributed by atoms with E-state index in [9.17, 15) is 8.78 Å². The van der Waals surface area contributed by atoms with Gasteiger partial charge in [0.25, 0.3) is 0 Å². The zero-order chi connectivity index (χ0) is 22.1. The second kappa shape index (κ2) is 11.8. The number of halogens is 2. The highest BCUT2D eigenvalue weighted by Crippen LogP contribution is 2.18. The number of ether oxygens (including phenoxy) is 1. The molecular weight excluding hydrogens is 398 g/mol. The third-order valence-electron chi connectivity index (χ3n) is 5.53. The molecule has 1 fully saturated rings. The van der Waals surface area contributed by atoms with Crippen molar-refractivity contribution >= 4 is 5.96 Å². The number of piperidine rings is 1. The molecule has 1 saturated heterocycles. The molecule has 0 aliphatic carbocycles. The number of nitrogens with one attached hydrogen (secondary N) is 2. The van der Waals surface area contributed by atoms with Gasteiger partial charge in [0.15, 0.2) is 5.96 Å². The molecule has 1 atom stereocenters. The Morgan fingerprint density at radius 3 is 2.26 bits per heavy atom. The number of likely N-dealkylation sites (tertiary alicyclic amines) is 1. The van der Waals surface area contributed by atoms with E-state index >= 15 is 0 Å². The Labute approximate surface area is 183 Å². The summed E-state index contributed by atoms with van der Waals surface area (Å²) in [4.78, 5) is 7.09. The lowest BCUT2D eigenvalue weighted by Gasteiger charge is -2.33. The van der Waals surface area contributed by atoms with Crippen LogP contribution in [0.4, 0.5) is 8.78 Å². The summed E-state index contributed by atoms with van der Waals surface area (Å²) in [6.07, 6.45) is 1.79. The van der Waals surface area contributed by atoms with Gasteiger partial charge < -0.3 is 15.4 Å². The molecule has 7 heteroatoms. The molecule has 31 heavy (non-hydrogen) atoms. The average molecular weight is 431 g/mol. The first-order chi connectivity index (χ1) is 15.1. The predicted molar refractivity (Wildman–Crippen MR) is 120 cm³/mol. The molecule has 2 aromatic rings. The van der Waals surface area contributed by atoms with Gasteiger partial charge in [-0.1, -0.05) is 24.3 Å². The fraction of sp³-hybridized carbons (Fsp3) is 0.458. The molecule has 1 heterocycles. The van der Waals surface area contributed by atoms with E-state index in [4.69, 9.17) is 9.73 Å². The number of nitrogens with zero attached hydrogens (tertiary/aromatic N) is 2. The minimum atomic E-state index is -0.261. The van der Waals surface area contributed by atoms with Crippen molar-refractivity contribution in [2.24, 2.45) is 4.99 Å². The minimum absolute atomic E-state index is 0.197. The van der Waals surface area contributed by atoms with E-state index in [1.54, 1.807) is 19.2 Å². The molecule has 3 rings (SSSR count). The van der Waals surface area contributed by atoms with Crippen molar-refractivity contribution in [3.8, 4) is 0 Å². The molecule has 168 valence electrons. The van der Waals surface area contributed by atoms with Crippen molar-refractivity contribution in [2.45, 2.75) is 38.5 Å². The molecular formula is C24H32F2N4O. The zero-order valence-electron chi connectivity index (χ0n) is 18.3. The van der Waals surface area contributed by atoms with Crippen LogP contribution in [-0.4, -0.2) is 50.2 Å². The second-order valence-corrected chi connectivity index (χ2v) is 7.82. The van der Waals surface area contributed by atoms with E-state index in [2.05, 4.69) is 15.5 Å². The smallest absolute Gasteiger partial charge is 0.191 e. The number of guanidine groups is 1. The van der Waals surface area contributed by atoms with Crippen LogP contribution in [0.3, 0.4) is 0 Å². The molecule has 2 aromatic carbocycles. The topological polar surface area (TPSA) is 48.9 Å². The van der Waals surface area contributed by atoms with Gasteiger partial charge in [0, 0.05) is 39.3 Å². The van der Waals surface area contributed by atoms with Crippen LogP contribution in [0.25, 0.3) is 0 Å². The minimum Gasteiger partial charge on any atom is -0.375 e. The molecule has 0 aromatic heterocycles. The van der Waals surface area contributed by atoms with Crippen molar-refractivity contribution in [1.82, 2.24) is 15.5 Å². The van der Waals surface area contributed by atoms with E-state index < -0.39 is 0 Å². The fourth-order valence-corrected chi connectivity index (χ4v) is 3.76. The molecule has 0 bridgehead atoms. The van der Waals surface area contributed by atoms with Gasteiger partial charge >= 0.3 is 0 Å². The van der Waals surface area contributed by atoms with Gasteiger partial charge in [-0.05, 0) is 55.2 Å². The second-order valence-electron chi connectivity index (χ2n) is 7.82. The quantitative estimate of drug-likeness (QED) is 0.493. The first kappa shape index (κ1) is 23.2. The monoisotopic (exact) mass is 430 g/mol. The maximum Gasteiger partial charge on any atom is 0.191 e. The maximum absolute atomic E-state index is 13.2. The van der Waals surface area contributed by atoms with Crippen LogP contribution >= 0.6 is 0 Å². The lowest BCUT2D eigenvalue weighted by atomic mass is 10.0. The van der Waals surface area contributed by atoms with Crippen molar-refractivity contribution in [1.29, 1.82) is 0 Å². The summed E-state index contributed by atoms with van der Waals surface area (Å²) < 4.78 is 31.8. The van der Waals surface area contributed by atoms with Crippen molar-refractivity contribution < 1.29 is 13.5 Å². The van der Waals surface area contributed by atoms with Gasteiger partial charge in [-0.2, -0.15) is 0 Å². The molecule has 0 amide bonds. The normalized spacial score (nSPS) is 16.8. The Morgan fingerprint density at radius 2 is 1.68 bits per heavy atom. The van der Waals surface area contributed by atoms with Gasteiger partial charge in [-0.15, -0.1) is 0 Å². The predicted octanol–water partition coefficient (Wildman–Crippen LogP) is 3.87. The van der Waals surface area contributed by atoms with Crippen molar-refractivity contribution in [2.75, 3.05) is 33.3 Å². The summed E-state index contributed by atoms with van der Waals surface area (Å²) >= 11 is 0. The third kappa shape index (κ3) is 7.29. The Kier molecular flexibility index (Phi) is 8.79. The molecule has 1 aliphatic heterocycles. The van der Waals surface area contributed by atoms with E-state index in [1.807, 2.05) is 19.1 Å². The Balaban J connectivity index is 1.51. The van der Waals surface area contributed by atoms with Crippen molar-refractivity contribution in [3.63, 3.8) is 0 Å². The van der Waals surface area contributed by atoms with Gasteiger partial charge in [-0.3, -0.25) is 9.89 Å². The average Bonchev–Trinajstić information content (AvgIpc) is 2.78. The summed E-state index contributed by atoms with van der Waals surface area (Å²) in [7, 11) is 1.64. The SMILES string of the molecule is CCNC(=NCC(OC)c1ccc(F)cc1)NC1CCN(Cc2ccc(F)cc2)CC1. The van der Waals surface area contributed by atoms with Gasteiger partial charge in [0.1, 0.15) is 17.7 Å². The lowest BCUT2D eigenvalue weighted by Crippen LogP contribution is -2.48. The molecule has 5 nitrogen and oxygen atoms in total. The highest BCUT2D eigenvalue weighted by atomic mass is 19.1. The molecule has 0 radical (unpaired) electrons.